The van der Waals surface area contributed by atoms with E-state index in [1.54, 1.807) is 0 Å². The number of likely N-dealkylation sites (tertiary alicyclic amines) is 1. The summed E-state index contributed by atoms with van der Waals surface area (Å²) in [5.74, 6) is 1.25. The smallest absolute Gasteiger partial charge is 0.222 e. The molecule has 140 valence electrons. The number of aryl methyl sites for hydroxylation is 1. The molecule has 3 nitrogen and oxygen atoms in total. The lowest BCUT2D eigenvalue weighted by molar-refractivity contribution is -0.132. The highest BCUT2D eigenvalue weighted by atomic mass is 35.5. The maximum absolute atomic E-state index is 12.5. The first kappa shape index (κ1) is 19.2. The fraction of sp³-hybridized carbons (Fsp3) is 0.500. The van der Waals surface area contributed by atoms with Gasteiger partial charge >= 0.3 is 0 Å². The minimum Gasteiger partial charge on any atom is -0.343 e. The van der Waals surface area contributed by atoms with Crippen molar-refractivity contribution < 1.29 is 4.79 Å². The lowest BCUT2D eigenvalue weighted by atomic mass is 10.0. The van der Waals surface area contributed by atoms with Gasteiger partial charge in [-0.3, -0.25) is 4.79 Å². The van der Waals surface area contributed by atoms with Crippen LogP contribution in [0.5, 0.6) is 0 Å². The van der Waals surface area contributed by atoms with Crippen molar-refractivity contribution in [2.24, 2.45) is 5.92 Å². The zero-order valence-corrected chi connectivity index (χ0v) is 16.1. The second kappa shape index (κ2) is 8.88. The van der Waals surface area contributed by atoms with Crippen LogP contribution in [0.4, 0.5) is 0 Å². The highest BCUT2D eigenvalue weighted by Gasteiger charge is 2.25. The Hall–Kier alpha value is -1.58. The van der Waals surface area contributed by atoms with Gasteiger partial charge in [-0.15, -0.1) is 12.4 Å². The van der Waals surface area contributed by atoms with E-state index in [1.807, 2.05) is 0 Å². The number of amides is 1. The standard InChI is InChI=1S/C22H28N2O.ClH/c25-22(24-13-11-21(12-14-24)23-16-18-5-6-18)10-8-17-7-9-19-3-1-2-4-20(19)15-17;/h1-4,7,9,15,18,21,23H,5-6,8,10-14,16H2;1H. The Morgan fingerprint density at radius 1 is 1.00 bits per heavy atom. The molecule has 1 heterocycles. The molecule has 1 aliphatic carbocycles. The molecule has 4 rings (SSSR count). The topological polar surface area (TPSA) is 32.3 Å². The van der Waals surface area contributed by atoms with Crippen LogP contribution in [0.3, 0.4) is 0 Å². The molecule has 0 radical (unpaired) electrons. The van der Waals surface area contributed by atoms with Crippen molar-refractivity contribution in [3.63, 3.8) is 0 Å². The summed E-state index contributed by atoms with van der Waals surface area (Å²) in [6.07, 6.45) is 6.48. The van der Waals surface area contributed by atoms with Crippen molar-refractivity contribution in [3.05, 3.63) is 48.0 Å². The summed E-state index contributed by atoms with van der Waals surface area (Å²) in [6, 6.07) is 15.6. The van der Waals surface area contributed by atoms with Gasteiger partial charge in [0.05, 0.1) is 0 Å². The van der Waals surface area contributed by atoms with Gasteiger partial charge in [-0.2, -0.15) is 0 Å². The summed E-state index contributed by atoms with van der Waals surface area (Å²) in [5, 5.41) is 6.20. The van der Waals surface area contributed by atoms with E-state index in [1.165, 1.54) is 35.7 Å². The van der Waals surface area contributed by atoms with Gasteiger partial charge in [0.2, 0.25) is 5.91 Å². The Morgan fingerprint density at radius 3 is 2.46 bits per heavy atom. The Balaban J connectivity index is 0.00000196. The molecule has 2 fully saturated rings. The zero-order valence-electron chi connectivity index (χ0n) is 15.3. The van der Waals surface area contributed by atoms with Crippen LogP contribution in [0.2, 0.25) is 0 Å². The molecule has 0 spiro atoms. The number of nitrogens with one attached hydrogen (secondary N) is 1. The van der Waals surface area contributed by atoms with Crippen molar-refractivity contribution in [1.29, 1.82) is 0 Å². The van der Waals surface area contributed by atoms with Gasteiger partial charge in [0.1, 0.15) is 0 Å². The van der Waals surface area contributed by atoms with Gasteiger partial charge in [0.15, 0.2) is 0 Å². The summed E-state index contributed by atoms with van der Waals surface area (Å²) >= 11 is 0. The third-order valence-electron chi connectivity index (χ3n) is 5.68. The Labute approximate surface area is 162 Å². The minimum absolute atomic E-state index is 0. The molecule has 0 atom stereocenters. The predicted molar refractivity (Wildman–Crippen MR) is 110 cm³/mol. The van der Waals surface area contributed by atoms with Crippen molar-refractivity contribution >= 4 is 29.1 Å². The molecule has 0 bridgehead atoms. The maximum Gasteiger partial charge on any atom is 0.222 e. The molecule has 1 amide bonds. The largest absolute Gasteiger partial charge is 0.343 e. The second-order valence-corrected chi connectivity index (χ2v) is 7.69. The summed E-state index contributed by atoms with van der Waals surface area (Å²) in [7, 11) is 0. The molecule has 2 aliphatic rings. The van der Waals surface area contributed by atoms with Gasteiger partial charge in [-0.1, -0.05) is 42.5 Å². The van der Waals surface area contributed by atoms with Gasteiger partial charge < -0.3 is 10.2 Å². The van der Waals surface area contributed by atoms with Crippen LogP contribution in [0.1, 0.15) is 37.7 Å². The van der Waals surface area contributed by atoms with Crippen LogP contribution in [-0.4, -0.2) is 36.5 Å². The molecule has 0 aromatic heterocycles. The number of benzene rings is 2. The van der Waals surface area contributed by atoms with Crippen molar-refractivity contribution in [3.8, 4) is 0 Å². The fourth-order valence-corrected chi connectivity index (χ4v) is 3.79. The van der Waals surface area contributed by atoms with Crippen LogP contribution in [0.15, 0.2) is 42.5 Å². The van der Waals surface area contributed by atoms with E-state index < -0.39 is 0 Å². The van der Waals surface area contributed by atoms with E-state index in [0.29, 0.717) is 18.4 Å². The highest BCUT2D eigenvalue weighted by molar-refractivity contribution is 5.85. The average molecular weight is 373 g/mol. The molecular formula is C22H29ClN2O. The number of rotatable bonds is 6. The predicted octanol–water partition coefficient (Wildman–Crippen LogP) is 4.18. The molecule has 1 aliphatic heterocycles. The number of hydrogen-bond donors (Lipinski definition) is 1. The number of hydrogen-bond acceptors (Lipinski definition) is 2. The van der Waals surface area contributed by atoms with E-state index in [9.17, 15) is 4.79 Å². The SMILES string of the molecule is Cl.O=C(CCc1ccc2ccccc2c1)N1CCC(NCC2CC2)CC1. The van der Waals surface area contributed by atoms with Crippen LogP contribution >= 0.6 is 12.4 Å². The molecule has 4 heteroatoms. The summed E-state index contributed by atoms with van der Waals surface area (Å²) < 4.78 is 0. The van der Waals surface area contributed by atoms with Gasteiger partial charge in [-0.05, 0) is 60.9 Å². The number of carbonyl (C=O) groups excluding carboxylic acids is 1. The van der Waals surface area contributed by atoms with Gasteiger partial charge in [-0.25, -0.2) is 0 Å². The van der Waals surface area contributed by atoms with E-state index in [-0.39, 0.29) is 12.4 Å². The molecular weight excluding hydrogens is 344 g/mol. The van der Waals surface area contributed by atoms with Crippen LogP contribution < -0.4 is 5.32 Å². The number of halogens is 1. The quantitative estimate of drug-likeness (QED) is 0.824. The first-order chi connectivity index (χ1) is 12.3. The Bertz CT molecular complexity index is 736. The molecule has 1 saturated heterocycles. The molecule has 0 unspecified atom stereocenters. The number of fused-ring (bicyclic) bond motifs is 1. The fourth-order valence-electron chi connectivity index (χ4n) is 3.79. The van der Waals surface area contributed by atoms with E-state index >= 15 is 0 Å². The minimum atomic E-state index is 0. The third-order valence-corrected chi connectivity index (χ3v) is 5.68. The molecule has 2 aromatic carbocycles. The normalized spacial score (nSPS) is 17.9. The Kier molecular flexibility index (Phi) is 6.55. The summed E-state index contributed by atoms with van der Waals surface area (Å²) in [4.78, 5) is 14.6. The van der Waals surface area contributed by atoms with Crippen molar-refractivity contribution in [2.45, 2.75) is 44.6 Å². The van der Waals surface area contributed by atoms with Crippen LogP contribution in [0, 0.1) is 5.92 Å². The van der Waals surface area contributed by atoms with Crippen LogP contribution in [-0.2, 0) is 11.2 Å². The molecule has 26 heavy (non-hydrogen) atoms. The number of piperidine rings is 1. The first-order valence-electron chi connectivity index (χ1n) is 9.77. The van der Waals surface area contributed by atoms with E-state index in [2.05, 4.69) is 52.7 Å². The average Bonchev–Trinajstić information content (AvgIpc) is 3.49. The maximum atomic E-state index is 12.5. The van der Waals surface area contributed by atoms with E-state index in [4.69, 9.17) is 0 Å². The lowest BCUT2D eigenvalue weighted by Crippen LogP contribution is -2.45. The lowest BCUT2D eigenvalue weighted by Gasteiger charge is -2.32. The zero-order chi connectivity index (χ0) is 17.1. The number of carbonyl (C=O) groups is 1. The van der Waals surface area contributed by atoms with Gasteiger partial charge in [0.25, 0.3) is 0 Å². The summed E-state index contributed by atoms with van der Waals surface area (Å²) in [5.41, 5.74) is 1.26. The Morgan fingerprint density at radius 2 is 1.73 bits per heavy atom. The molecule has 2 aromatic rings. The first-order valence-corrected chi connectivity index (χ1v) is 9.77. The van der Waals surface area contributed by atoms with Crippen molar-refractivity contribution in [1.82, 2.24) is 10.2 Å². The number of nitrogens with zero attached hydrogens (tertiary/aromatic N) is 1. The van der Waals surface area contributed by atoms with E-state index in [0.717, 1.165) is 38.3 Å². The van der Waals surface area contributed by atoms with Crippen LogP contribution in [0.25, 0.3) is 10.8 Å². The highest BCUT2D eigenvalue weighted by Crippen LogP contribution is 2.28. The second-order valence-electron chi connectivity index (χ2n) is 7.69. The molecule has 1 saturated carbocycles. The monoisotopic (exact) mass is 372 g/mol. The van der Waals surface area contributed by atoms with Crippen molar-refractivity contribution in [2.75, 3.05) is 19.6 Å². The van der Waals surface area contributed by atoms with Gasteiger partial charge in [0, 0.05) is 25.6 Å². The third kappa shape index (κ3) is 4.99. The molecule has 1 N–H and O–H groups in total. The summed E-state index contributed by atoms with van der Waals surface area (Å²) in [6.45, 7) is 3.01.